The molecule has 3 radical (unpaired) electrons. The van der Waals surface area contributed by atoms with Crippen molar-refractivity contribution in [1.29, 1.82) is 0 Å². The van der Waals surface area contributed by atoms with E-state index in [0.717, 1.165) is 43.8 Å². The molecule has 0 atom stereocenters. The fourth-order valence-electron chi connectivity index (χ4n) is 12.1. The van der Waals surface area contributed by atoms with Gasteiger partial charge in [0.05, 0.1) is 67.6 Å². The van der Waals surface area contributed by atoms with Crippen LogP contribution in [0, 0.1) is 40.5 Å². The molecule has 0 fully saturated rings. The van der Waals surface area contributed by atoms with Crippen LogP contribution >= 0.6 is 0 Å². The first-order valence-electron chi connectivity index (χ1n) is 34.6. The number of rotatable bonds is 8. The second-order valence-electron chi connectivity index (χ2n) is 29.7. The monoisotopic (exact) mass is 1850 g/mol. The van der Waals surface area contributed by atoms with E-state index in [0.29, 0.717) is 112 Å². The van der Waals surface area contributed by atoms with Crippen molar-refractivity contribution in [2.24, 2.45) is 0 Å². The minimum atomic E-state index is -1.50. The first kappa shape index (κ1) is 116. The van der Waals surface area contributed by atoms with Crippen molar-refractivity contribution >= 4 is 43.6 Å². The van der Waals surface area contributed by atoms with Gasteiger partial charge >= 0.3 is 51.4 Å². The van der Waals surface area contributed by atoms with E-state index >= 15 is 0 Å². The van der Waals surface area contributed by atoms with Crippen LogP contribution in [0.15, 0.2) is 219 Å². The van der Waals surface area contributed by atoms with Gasteiger partial charge in [0.1, 0.15) is 23.0 Å². The quantitative estimate of drug-likeness (QED) is 0.0303. The van der Waals surface area contributed by atoms with Crippen LogP contribution in [0.1, 0.15) is 114 Å². The Balaban J connectivity index is -0.000000913. The zero-order valence-electron chi connectivity index (χ0n) is 69.0. The molecule has 0 spiro atoms. The first-order valence-corrected chi connectivity index (χ1v) is 34.6. The van der Waals surface area contributed by atoms with Crippen molar-refractivity contribution in [3.8, 4) is 113 Å². The van der Waals surface area contributed by atoms with Gasteiger partial charge in [0.15, 0.2) is 0 Å². The number of pyridine rings is 8. The zero-order chi connectivity index (χ0) is 81.9. The van der Waals surface area contributed by atoms with Crippen molar-refractivity contribution in [3.63, 3.8) is 0 Å². The van der Waals surface area contributed by atoms with Crippen molar-refractivity contribution in [2.45, 2.75) is 112 Å². The normalized spacial score (nSPS) is 10.2. The van der Waals surface area contributed by atoms with E-state index in [4.69, 9.17) is 81.2 Å². The molecule has 20 N–H and O–H groups in total. The Kier molecular flexibility index (Phi) is 46.0. The Labute approximate surface area is 781 Å². The van der Waals surface area contributed by atoms with Crippen LogP contribution in [0.4, 0.5) is 0 Å². The largest absolute Gasteiger partial charge is 1.00 e. The van der Waals surface area contributed by atoms with Crippen molar-refractivity contribution in [1.82, 2.24) is 39.9 Å². The Morgan fingerprint density at radius 2 is 0.407 bits per heavy atom. The SMILES string of the molecule is C.CC(C)(C)c1cc(-c2ccccn2)c(O)c(-c2ccc3ccc4ccc(-c5cc(C(C)(C)C)cc(-c6ccccn6)c5O)nc4c3n2)c1.CC(C)(C)c1cc(-c2ccccn2)c(O)c(-c2ccc3ccc4ccc(-c5cc(C(C)(C)C)cc(-c6ccccn6)c5O)nc4c3n2)c1.O.O.O.O.O.O.O=[N+]([O-])O.O=[N+]([O-])O.O=[N+]([O-])O.O=[N+]([O-])O.[Co].[Co].[Co].[H-].[K+]. The van der Waals surface area contributed by atoms with Gasteiger partial charge in [0.25, 0.3) is 20.3 Å². The summed E-state index contributed by atoms with van der Waals surface area (Å²) < 4.78 is 0. The van der Waals surface area contributed by atoms with Gasteiger partial charge < -0.3 is 75.5 Å². The fourth-order valence-corrected chi connectivity index (χ4v) is 12.1. The molecule has 0 unspecified atom stereocenters. The molecular formula is C85H97Co3KN12O22. The number of hydrogen-bond donors (Lipinski definition) is 8. The van der Waals surface area contributed by atoms with E-state index in [1.165, 1.54) is 0 Å². The van der Waals surface area contributed by atoms with Gasteiger partial charge in [-0.3, -0.25) is 19.9 Å². The number of hydrogen-bond acceptors (Lipinski definition) is 20. The molecule has 14 aromatic rings. The first-order chi connectivity index (χ1) is 52.7. The summed E-state index contributed by atoms with van der Waals surface area (Å²) in [5.74, 6) is 0.531. The maximum atomic E-state index is 11.7. The third kappa shape index (κ3) is 29.3. The Bertz CT molecular complexity index is 5140. The number of fused-ring (bicyclic) bond motifs is 6. The maximum Gasteiger partial charge on any atom is 1.00 e. The maximum absolute atomic E-state index is 11.7. The summed E-state index contributed by atoms with van der Waals surface area (Å²) in [7, 11) is 0. The third-order valence-corrected chi connectivity index (χ3v) is 17.8. The average molecular weight is 1850 g/mol. The Hall–Kier alpha value is -11.5. The van der Waals surface area contributed by atoms with E-state index in [-0.39, 0.29) is 188 Å². The van der Waals surface area contributed by atoms with Gasteiger partial charge in [-0.25, -0.2) is 19.9 Å². The predicted octanol–water partition coefficient (Wildman–Crippen LogP) is 11.9. The predicted molar refractivity (Wildman–Crippen MR) is 455 cm³/mol. The average Bonchev–Trinajstić information content (AvgIpc) is 0.744. The van der Waals surface area contributed by atoms with Crippen LogP contribution in [-0.4, -0.2) is 134 Å². The number of nitrogens with zero attached hydrogens (tertiary/aromatic N) is 12. The molecule has 0 saturated heterocycles. The van der Waals surface area contributed by atoms with Gasteiger partial charge in [-0.15, -0.1) is 40.5 Å². The fraction of sp³-hybridized carbons (Fsp3) is 0.200. The third-order valence-electron chi connectivity index (χ3n) is 17.8. The van der Waals surface area contributed by atoms with Crippen molar-refractivity contribution < 1.29 is 198 Å². The molecule has 0 aliphatic rings. The summed E-state index contributed by atoms with van der Waals surface area (Å²) in [4.78, 5) is 72.2. The molecule has 0 aliphatic heterocycles. The minimum Gasteiger partial charge on any atom is -1.00 e. The molecular weight excluding hydrogens is 1760 g/mol. The number of benzene rings is 6. The molecule has 6 aromatic carbocycles. The molecule has 0 aliphatic carbocycles. The van der Waals surface area contributed by atoms with Crippen LogP contribution in [0.3, 0.4) is 0 Å². The van der Waals surface area contributed by atoms with Crippen LogP contribution in [0.2, 0.25) is 0 Å². The number of aromatic nitrogens is 8. The van der Waals surface area contributed by atoms with E-state index in [2.05, 4.69) is 103 Å². The number of aromatic hydroxyl groups is 4. The number of phenols is 4. The summed E-state index contributed by atoms with van der Waals surface area (Å²) in [5, 5.41) is 105. The van der Waals surface area contributed by atoms with E-state index in [9.17, 15) is 20.4 Å². The van der Waals surface area contributed by atoms with Gasteiger partial charge in [-0.1, -0.05) is 163 Å². The van der Waals surface area contributed by atoms with E-state index < -0.39 is 20.3 Å². The topological polar surface area (TPSA) is 627 Å². The second-order valence-corrected chi connectivity index (χ2v) is 29.7. The molecule has 14 rings (SSSR count). The minimum absolute atomic E-state index is 0. The van der Waals surface area contributed by atoms with Crippen molar-refractivity contribution in [2.75, 3.05) is 0 Å². The summed E-state index contributed by atoms with van der Waals surface area (Å²) in [5.41, 5.74) is 16.9. The Morgan fingerprint density at radius 1 is 0.268 bits per heavy atom. The molecule has 657 valence electrons. The molecule has 123 heavy (non-hydrogen) atoms. The molecule has 38 heteroatoms. The molecule has 0 bridgehead atoms. The Morgan fingerprint density at radius 3 is 0.537 bits per heavy atom. The molecule has 8 aromatic heterocycles. The zero-order valence-corrected chi connectivity index (χ0v) is 74.2. The second kappa shape index (κ2) is 48.9. The molecule has 8 heterocycles. The molecule has 0 saturated carbocycles. The van der Waals surface area contributed by atoms with Crippen LogP contribution in [0.25, 0.3) is 134 Å². The van der Waals surface area contributed by atoms with Gasteiger partial charge in [-0.05, 0) is 165 Å². The summed E-state index contributed by atoms with van der Waals surface area (Å²) >= 11 is 0. The molecule has 0 amide bonds. The summed E-state index contributed by atoms with van der Waals surface area (Å²) in [6.45, 7) is 25.9. The van der Waals surface area contributed by atoms with Gasteiger partial charge in [-0.2, -0.15) is 0 Å². The number of phenolic OH excluding ortho intramolecular Hbond substituents is 4. The van der Waals surface area contributed by atoms with Crippen molar-refractivity contribution in [3.05, 3.63) is 282 Å². The summed E-state index contributed by atoms with van der Waals surface area (Å²) in [6, 6.07) is 62.9. The standard InChI is InChI=1S/2C42H38N4O2.CH4.3Co.K.4HNO3.6H2O.H/c2*1-41(2,3)27-21-29(33-11-7-9-19-43-33)39(47)31(23-27)35-17-15-25-13-14-26-16-18-36(46-38(26)37(25)45-35)32-24-28(42(4,5)6)22-30(40(32)48)34-12-8-10-20-44-34;;;;;;4*2-1(3)4;;;;;;;/h2*7-24,47-48H,1-6H3;1H4;;;;;4*(H,2,3,4);6*1H2;/q;;;;;;+1;;;;;;;;;;;-1. The van der Waals surface area contributed by atoms with Crippen LogP contribution in [0.5, 0.6) is 23.0 Å². The van der Waals surface area contributed by atoms with E-state index in [1.807, 2.05) is 194 Å². The van der Waals surface area contributed by atoms with E-state index in [1.54, 1.807) is 24.8 Å². The smallest absolute Gasteiger partial charge is 1.00 e. The van der Waals surface area contributed by atoms with Gasteiger partial charge in [0.2, 0.25) is 0 Å². The van der Waals surface area contributed by atoms with Gasteiger partial charge in [0, 0.05) is 141 Å². The molecule has 34 nitrogen and oxygen atoms in total. The van der Waals surface area contributed by atoms with Crippen LogP contribution in [-0.2, 0) is 72.0 Å². The van der Waals surface area contributed by atoms with Crippen LogP contribution < -0.4 is 51.4 Å². The summed E-state index contributed by atoms with van der Waals surface area (Å²) in [6.07, 6.45) is 6.93.